The van der Waals surface area contributed by atoms with Gasteiger partial charge in [-0.3, -0.25) is 4.79 Å². The Kier molecular flexibility index (Phi) is 7.02. The van der Waals surface area contributed by atoms with E-state index in [-0.39, 0.29) is 11.9 Å². The van der Waals surface area contributed by atoms with E-state index in [1.54, 1.807) is 20.1 Å². The molecule has 2 atom stereocenters. The van der Waals surface area contributed by atoms with Gasteiger partial charge >= 0.3 is 0 Å². The first-order valence-corrected chi connectivity index (χ1v) is 7.38. The second-order valence-corrected chi connectivity index (χ2v) is 5.00. The molecule has 118 valence electrons. The van der Waals surface area contributed by atoms with Crippen LogP contribution in [-0.2, 0) is 11.2 Å². The molecule has 0 saturated heterocycles. The number of hydrogen-bond donors (Lipinski definition) is 2. The third-order valence-electron chi connectivity index (χ3n) is 3.30. The van der Waals surface area contributed by atoms with Crippen LogP contribution in [0.15, 0.2) is 18.2 Å². The van der Waals surface area contributed by atoms with Crippen molar-refractivity contribution in [2.45, 2.75) is 45.8 Å². The fraction of sp³-hybridized carbons (Fsp3) is 0.562. The van der Waals surface area contributed by atoms with Crippen molar-refractivity contribution in [3.8, 4) is 11.5 Å². The highest BCUT2D eigenvalue weighted by atomic mass is 16.5. The number of benzene rings is 1. The third-order valence-corrected chi connectivity index (χ3v) is 3.30. The quantitative estimate of drug-likeness (QED) is 0.768. The van der Waals surface area contributed by atoms with Gasteiger partial charge in [-0.25, -0.2) is 0 Å². The summed E-state index contributed by atoms with van der Waals surface area (Å²) in [7, 11) is 1.60. The Labute approximate surface area is 126 Å². The van der Waals surface area contributed by atoms with Gasteiger partial charge in [0.25, 0.3) is 5.91 Å². The molecule has 3 N–H and O–H groups in total. The zero-order valence-electron chi connectivity index (χ0n) is 13.3. The van der Waals surface area contributed by atoms with Gasteiger partial charge in [0.05, 0.1) is 7.11 Å². The van der Waals surface area contributed by atoms with Crippen molar-refractivity contribution in [2.75, 3.05) is 13.7 Å². The van der Waals surface area contributed by atoms with Crippen LogP contribution in [0.1, 0.15) is 32.8 Å². The second-order valence-electron chi connectivity index (χ2n) is 5.00. The van der Waals surface area contributed by atoms with Crippen molar-refractivity contribution in [1.29, 1.82) is 0 Å². The molecule has 0 aliphatic rings. The van der Waals surface area contributed by atoms with Gasteiger partial charge in [-0.15, -0.1) is 0 Å². The highest BCUT2D eigenvalue weighted by Crippen LogP contribution is 2.27. The van der Waals surface area contributed by atoms with Crippen LogP contribution in [0, 0.1) is 0 Å². The monoisotopic (exact) mass is 294 g/mol. The van der Waals surface area contributed by atoms with E-state index < -0.39 is 6.10 Å². The minimum atomic E-state index is -0.561. The molecule has 0 saturated carbocycles. The molecule has 0 heterocycles. The molecule has 0 aliphatic carbocycles. The number of ether oxygens (including phenoxy) is 2. The lowest BCUT2D eigenvalue weighted by atomic mass is 10.0. The number of amides is 1. The summed E-state index contributed by atoms with van der Waals surface area (Å²) in [6, 6.07) is 5.68. The van der Waals surface area contributed by atoms with Gasteiger partial charge in [-0.2, -0.15) is 0 Å². The number of methoxy groups -OCH3 is 1. The van der Waals surface area contributed by atoms with E-state index in [1.165, 1.54) is 0 Å². The van der Waals surface area contributed by atoms with Gasteiger partial charge in [0, 0.05) is 18.7 Å². The van der Waals surface area contributed by atoms with E-state index in [4.69, 9.17) is 15.2 Å². The Morgan fingerprint density at radius 3 is 2.67 bits per heavy atom. The standard InChI is InChI=1S/C16H26N2O3/c1-5-13(17)9-12-7-8-14(20-4)10-15(12)21-11(3)16(19)18-6-2/h7-8,10-11,13H,5-6,9,17H2,1-4H3,(H,18,19). The number of rotatable bonds is 8. The zero-order chi connectivity index (χ0) is 15.8. The van der Waals surface area contributed by atoms with E-state index >= 15 is 0 Å². The molecule has 0 spiro atoms. The van der Waals surface area contributed by atoms with Crippen LogP contribution in [0.5, 0.6) is 11.5 Å². The topological polar surface area (TPSA) is 73.6 Å². The van der Waals surface area contributed by atoms with Gasteiger partial charge in [0.1, 0.15) is 11.5 Å². The first-order valence-electron chi connectivity index (χ1n) is 7.38. The number of hydrogen-bond acceptors (Lipinski definition) is 4. The summed E-state index contributed by atoms with van der Waals surface area (Å²) in [4.78, 5) is 11.8. The van der Waals surface area contributed by atoms with Crippen molar-refractivity contribution >= 4 is 5.91 Å². The first kappa shape index (κ1) is 17.3. The number of likely N-dealkylation sites (N-methyl/N-ethyl adjacent to an activating group) is 1. The molecule has 5 nitrogen and oxygen atoms in total. The Bertz CT molecular complexity index is 463. The summed E-state index contributed by atoms with van der Waals surface area (Å²) in [5.41, 5.74) is 7.00. The van der Waals surface area contributed by atoms with Crippen LogP contribution in [-0.4, -0.2) is 31.7 Å². The fourth-order valence-corrected chi connectivity index (χ4v) is 1.93. The highest BCUT2D eigenvalue weighted by molar-refractivity contribution is 5.80. The maximum atomic E-state index is 11.8. The molecule has 1 aromatic rings. The average molecular weight is 294 g/mol. The maximum absolute atomic E-state index is 11.8. The molecule has 2 unspecified atom stereocenters. The van der Waals surface area contributed by atoms with Crippen molar-refractivity contribution < 1.29 is 14.3 Å². The van der Waals surface area contributed by atoms with Crippen molar-refractivity contribution in [1.82, 2.24) is 5.32 Å². The number of nitrogens with two attached hydrogens (primary N) is 1. The average Bonchev–Trinajstić information content (AvgIpc) is 2.48. The van der Waals surface area contributed by atoms with E-state index in [0.29, 0.717) is 24.5 Å². The summed E-state index contributed by atoms with van der Waals surface area (Å²) < 4.78 is 11.0. The zero-order valence-corrected chi connectivity index (χ0v) is 13.3. The lowest BCUT2D eigenvalue weighted by Gasteiger charge is -2.19. The Morgan fingerprint density at radius 1 is 1.38 bits per heavy atom. The normalized spacial score (nSPS) is 13.4. The van der Waals surface area contributed by atoms with Gasteiger partial charge in [0.2, 0.25) is 0 Å². The van der Waals surface area contributed by atoms with Crippen molar-refractivity contribution in [3.05, 3.63) is 23.8 Å². The lowest BCUT2D eigenvalue weighted by molar-refractivity contribution is -0.127. The smallest absolute Gasteiger partial charge is 0.260 e. The van der Waals surface area contributed by atoms with Crippen LogP contribution >= 0.6 is 0 Å². The Hall–Kier alpha value is -1.75. The molecule has 0 aliphatic heterocycles. The van der Waals surface area contributed by atoms with Crippen LogP contribution in [0.25, 0.3) is 0 Å². The fourth-order valence-electron chi connectivity index (χ4n) is 1.93. The van der Waals surface area contributed by atoms with E-state index in [9.17, 15) is 4.79 Å². The molecular weight excluding hydrogens is 268 g/mol. The molecular formula is C16H26N2O3. The predicted octanol–water partition coefficient (Wildman–Crippen LogP) is 1.88. The summed E-state index contributed by atoms with van der Waals surface area (Å²) >= 11 is 0. The Balaban J connectivity index is 2.92. The van der Waals surface area contributed by atoms with Gasteiger partial charge < -0.3 is 20.5 Å². The number of nitrogens with one attached hydrogen (secondary N) is 1. The molecule has 0 fully saturated rings. The van der Waals surface area contributed by atoms with Gasteiger partial charge in [-0.1, -0.05) is 13.0 Å². The molecule has 21 heavy (non-hydrogen) atoms. The van der Waals surface area contributed by atoms with E-state index in [2.05, 4.69) is 5.32 Å². The summed E-state index contributed by atoms with van der Waals surface area (Å²) in [5, 5.41) is 2.75. The molecule has 5 heteroatoms. The summed E-state index contributed by atoms with van der Waals surface area (Å²) in [5.74, 6) is 1.21. The van der Waals surface area contributed by atoms with Crippen LogP contribution in [0.4, 0.5) is 0 Å². The van der Waals surface area contributed by atoms with Crippen LogP contribution < -0.4 is 20.5 Å². The van der Waals surface area contributed by atoms with E-state index in [0.717, 1.165) is 12.0 Å². The summed E-state index contributed by atoms with van der Waals surface area (Å²) in [6.45, 7) is 6.24. The van der Waals surface area contributed by atoms with Crippen molar-refractivity contribution in [2.24, 2.45) is 5.73 Å². The minimum Gasteiger partial charge on any atom is -0.497 e. The summed E-state index contributed by atoms with van der Waals surface area (Å²) in [6.07, 6.45) is 1.03. The van der Waals surface area contributed by atoms with Crippen LogP contribution in [0.2, 0.25) is 0 Å². The number of carbonyl (C=O) groups is 1. The SMILES string of the molecule is CCNC(=O)C(C)Oc1cc(OC)ccc1CC(N)CC. The largest absolute Gasteiger partial charge is 0.497 e. The Morgan fingerprint density at radius 2 is 2.10 bits per heavy atom. The molecule has 1 aromatic carbocycles. The maximum Gasteiger partial charge on any atom is 0.260 e. The number of carbonyl (C=O) groups excluding carboxylic acids is 1. The second kappa shape index (κ2) is 8.52. The molecule has 1 rings (SSSR count). The molecule has 0 aromatic heterocycles. The van der Waals surface area contributed by atoms with Gasteiger partial charge in [-0.05, 0) is 38.3 Å². The molecule has 0 bridgehead atoms. The first-order chi connectivity index (χ1) is 10.0. The third kappa shape index (κ3) is 5.27. The van der Waals surface area contributed by atoms with Crippen molar-refractivity contribution in [3.63, 3.8) is 0 Å². The van der Waals surface area contributed by atoms with Gasteiger partial charge in [0.15, 0.2) is 6.10 Å². The molecule has 1 amide bonds. The predicted molar refractivity (Wildman–Crippen MR) is 83.7 cm³/mol. The lowest BCUT2D eigenvalue weighted by Crippen LogP contribution is -2.36. The minimum absolute atomic E-state index is 0.0699. The molecule has 0 radical (unpaired) electrons. The van der Waals surface area contributed by atoms with Crippen LogP contribution in [0.3, 0.4) is 0 Å². The highest BCUT2D eigenvalue weighted by Gasteiger charge is 2.17. The van der Waals surface area contributed by atoms with E-state index in [1.807, 2.05) is 26.0 Å².